The molecule has 86 valence electrons. The van der Waals surface area contributed by atoms with Gasteiger partial charge in [-0.3, -0.25) is 9.48 Å². The number of para-hydroxylation sites is 1. The highest BCUT2D eigenvalue weighted by Gasteiger charge is 2.12. The third-order valence-electron chi connectivity index (χ3n) is 2.60. The molecular formula is C11H14ClN3O. The summed E-state index contributed by atoms with van der Waals surface area (Å²) in [6.45, 7) is 1.83. The average Bonchev–Trinajstić information content (AvgIpc) is 2.45. The van der Waals surface area contributed by atoms with Gasteiger partial charge in [-0.15, -0.1) is 12.4 Å². The molecule has 0 aliphatic carbocycles. The molecule has 2 aromatic rings. The highest BCUT2D eigenvalue weighted by atomic mass is 35.5. The third-order valence-corrected chi connectivity index (χ3v) is 2.60. The second kappa shape index (κ2) is 4.45. The van der Waals surface area contributed by atoms with Crippen LogP contribution in [0.15, 0.2) is 35.1 Å². The van der Waals surface area contributed by atoms with Crippen molar-refractivity contribution in [3.05, 3.63) is 46.4 Å². The van der Waals surface area contributed by atoms with Gasteiger partial charge >= 0.3 is 0 Å². The number of nitrogen functional groups attached to an aromatic ring is 1. The molecule has 2 N–H and O–H groups in total. The maximum absolute atomic E-state index is 11.8. The number of rotatable bonds is 1. The maximum Gasteiger partial charge on any atom is 0.294 e. The number of halogens is 1. The van der Waals surface area contributed by atoms with Crippen LogP contribution in [0.5, 0.6) is 0 Å². The molecule has 1 aromatic heterocycles. The second-order valence-corrected chi connectivity index (χ2v) is 3.48. The van der Waals surface area contributed by atoms with Gasteiger partial charge in [0.2, 0.25) is 0 Å². The van der Waals surface area contributed by atoms with Crippen molar-refractivity contribution in [2.24, 2.45) is 7.05 Å². The Hall–Kier alpha value is -1.68. The van der Waals surface area contributed by atoms with Crippen molar-refractivity contribution in [2.75, 3.05) is 5.73 Å². The molecular weight excluding hydrogens is 226 g/mol. The molecule has 1 heterocycles. The van der Waals surface area contributed by atoms with Crippen molar-refractivity contribution in [3.63, 3.8) is 0 Å². The number of aromatic nitrogens is 2. The molecule has 0 saturated carbocycles. The number of anilines is 1. The zero-order valence-corrected chi connectivity index (χ0v) is 9.99. The van der Waals surface area contributed by atoms with Gasteiger partial charge in [0, 0.05) is 7.05 Å². The normalized spacial score (nSPS) is 9.88. The van der Waals surface area contributed by atoms with Crippen LogP contribution in [-0.4, -0.2) is 9.36 Å². The Balaban J connectivity index is 0.00000128. The van der Waals surface area contributed by atoms with E-state index in [1.807, 2.05) is 44.3 Å². The van der Waals surface area contributed by atoms with Crippen LogP contribution in [0.25, 0.3) is 5.69 Å². The first kappa shape index (κ1) is 12.4. The molecule has 0 saturated heterocycles. The average molecular weight is 240 g/mol. The van der Waals surface area contributed by atoms with Crippen LogP contribution in [0, 0.1) is 6.92 Å². The predicted molar refractivity (Wildman–Crippen MR) is 67.4 cm³/mol. The van der Waals surface area contributed by atoms with Crippen LogP contribution < -0.4 is 11.3 Å². The predicted octanol–water partition coefficient (Wildman–Crippen LogP) is 1.49. The lowest BCUT2D eigenvalue weighted by atomic mass is 10.3. The Labute approximate surface area is 99.7 Å². The molecule has 0 amide bonds. The molecule has 0 unspecified atom stereocenters. The lowest BCUT2D eigenvalue weighted by molar-refractivity contribution is 0.630. The topological polar surface area (TPSA) is 53.0 Å². The monoisotopic (exact) mass is 239 g/mol. The SMILES string of the molecule is Cc1c(N)c(=O)n(-c2ccccc2)n1C.Cl. The van der Waals surface area contributed by atoms with Crippen molar-refractivity contribution < 1.29 is 0 Å². The highest BCUT2D eigenvalue weighted by molar-refractivity contribution is 5.85. The Bertz CT molecular complexity index is 542. The van der Waals surface area contributed by atoms with E-state index >= 15 is 0 Å². The highest BCUT2D eigenvalue weighted by Crippen LogP contribution is 2.10. The lowest BCUT2D eigenvalue weighted by Crippen LogP contribution is -2.20. The first-order chi connectivity index (χ1) is 7.13. The van der Waals surface area contributed by atoms with Gasteiger partial charge in [-0.2, -0.15) is 0 Å². The minimum absolute atomic E-state index is 0. The summed E-state index contributed by atoms with van der Waals surface area (Å²) in [5.74, 6) is 0. The van der Waals surface area contributed by atoms with E-state index in [0.29, 0.717) is 5.69 Å². The molecule has 0 radical (unpaired) electrons. The van der Waals surface area contributed by atoms with Crippen molar-refractivity contribution in [1.82, 2.24) is 9.36 Å². The number of benzene rings is 1. The van der Waals surface area contributed by atoms with Gasteiger partial charge in [0.05, 0.1) is 11.4 Å². The maximum atomic E-state index is 11.8. The Morgan fingerprint density at radius 1 is 1.19 bits per heavy atom. The number of hydrogen-bond acceptors (Lipinski definition) is 2. The van der Waals surface area contributed by atoms with E-state index in [0.717, 1.165) is 11.4 Å². The van der Waals surface area contributed by atoms with Gasteiger partial charge < -0.3 is 5.73 Å². The molecule has 0 atom stereocenters. The summed E-state index contributed by atoms with van der Waals surface area (Å²) in [6, 6.07) is 9.44. The van der Waals surface area contributed by atoms with Gasteiger partial charge in [-0.05, 0) is 19.1 Å². The molecule has 1 aromatic carbocycles. The molecule has 0 aliphatic heterocycles. The van der Waals surface area contributed by atoms with Crippen LogP contribution in [0.3, 0.4) is 0 Å². The van der Waals surface area contributed by atoms with Crippen molar-refractivity contribution in [2.45, 2.75) is 6.92 Å². The van der Waals surface area contributed by atoms with Gasteiger partial charge in [0.1, 0.15) is 5.69 Å². The van der Waals surface area contributed by atoms with Gasteiger partial charge in [-0.1, -0.05) is 18.2 Å². The molecule has 16 heavy (non-hydrogen) atoms. The van der Waals surface area contributed by atoms with E-state index in [9.17, 15) is 4.79 Å². The van der Waals surface area contributed by atoms with Crippen LogP contribution in [0.4, 0.5) is 5.69 Å². The number of nitrogens with zero attached hydrogens (tertiary/aromatic N) is 2. The van der Waals surface area contributed by atoms with E-state index in [-0.39, 0.29) is 18.0 Å². The minimum Gasteiger partial charge on any atom is -0.393 e. The lowest BCUT2D eigenvalue weighted by Gasteiger charge is -2.07. The zero-order chi connectivity index (χ0) is 11.0. The molecule has 0 aliphatic rings. The zero-order valence-electron chi connectivity index (χ0n) is 9.18. The fourth-order valence-corrected chi connectivity index (χ4v) is 1.59. The Kier molecular flexibility index (Phi) is 3.44. The second-order valence-electron chi connectivity index (χ2n) is 3.48. The van der Waals surface area contributed by atoms with Gasteiger partial charge in [0.25, 0.3) is 5.56 Å². The van der Waals surface area contributed by atoms with E-state index in [4.69, 9.17) is 5.73 Å². The number of hydrogen-bond donors (Lipinski definition) is 1. The summed E-state index contributed by atoms with van der Waals surface area (Å²) < 4.78 is 3.32. The summed E-state index contributed by atoms with van der Waals surface area (Å²) in [7, 11) is 1.82. The van der Waals surface area contributed by atoms with E-state index < -0.39 is 0 Å². The largest absolute Gasteiger partial charge is 0.393 e. The quantitative estimate of drug-likeness (QED) is 0.820. The molecule has 4 nitrogen and oxygen atoms in total. The standard InChI is InChI=1S/C11H13N3O.ClH/c1-8-10(12)11(15)14(13(8)2)9-6-4-3-5-7-9;/h3-7H,12H2,1-2H3;1H. The van der Waals surface area contributed by atoms with E-state index in [1.54, 1.807) is 9.36 Å². The smallest absolute Gasteiger partial charge is 0.294 e. The van der Waals surface area contributed by atoms with Crippen molar-refractivity contribution >= 4 is 18.1 Å². The fraction of sp³-hybridized carbons (Fsp3) is 0.182. The van der Waals surface area contributed by atoms with Crippen LogP contribution in [0.1, 0.15) is 5.69 Å². The molecule has 0 bridgehead atoms. The van der Waals surface area contributed by atoms with Crippen LogP contribution >= 0.6 is 12.4 Å². The molecule has 5 heteroatoms. The summed E-state index contributed by atoms with van der Waals surface area (Å²) >= 11 is 0. The van der Waals surface area contributed by atoms with E-state index in [2.05, 4.69) is 0 Å². The Morgan fingerprint density at radius 3 is 2.19 bits per heavy atom. The van der Waals surface area contributed by atoms with Crippen molar-refractivity contribution in [3.8, 4) is 5.69 Å². The molecule has 2 rings (SSSR count). The van der Waals surface area contributed by atoms with Gasteiger partial charge in [0.15, 0.2) is 0 Å². The number of nitrogens with two attached hydrogens (primary N) is 1. The van der Waals surface area contributed by atoms with Crippen LogP contribution in [-0.2, 0) is 7.05 Å². The summed E-state index contributed by atoms with van der Waals surface area (Å²) in [5.41, 5.74) is 7.43. The molecule has 0 spiro atoms. The summed E-state index contributed by atoms with van der Waals surface area (Å²) in [4.78, 5) is 11.8. The minimum atomic E-state index is -0.166. The van der Waals surface area contributed by atoms with E-state index in [1.165, 1.54) is 0 Å². The fourth-order valence-electron chi connectivity index (χ4n) is 1.59. The molecule has 0 fully saturated rings. The van der Waals surface area contributed by atoms with Crippen LogP contribution in [0.2, 0.25) is 0 Å². The third kappa shape index (κ3) is 1.72. The first-order valence-electron chi connectivity index (χ1n) is 4.72. The first-order valence-corrected chi connectivity index (χ1v) is 4.72. The summed E-state index contributed by atoms with van der Waals surface area (Å²) in [5, 5.41) is 0. The van der Waals surface area contributed by atoms with Gasteiger partial charge in [-0.25, -0.2) is 4.68 Å². The Morgan fingerprint density at radius 2 is 1.75 bits per heavy atom. The van der Waals surface area contributed by atoms with Crippen molar-refractivity contribution in [1.29, 1.82) is 0 Å². The summed E-state index contributed by atoms with van der Waals surface area (Å²) in [6.07, 6.45) is 0.